The molecule has 0 aromatic carbocycles. The first-order valence-corrected chi connectivity index (χ1v) is 4.41. The third-order valence-electron chi connectivity index (χ3n) is 1.22. The molecule has 0 saturated heterocycles. The van der Waals surface area contributed by atoms with Gasteiger partial charge in [0.05, 0.1) is 0 Å². The predicted octanol–water partition coefficient (Wildman–Crippen LogP) is 2.29. The second-order valence-corrected chi connectivity index (χ2v) is 5.28. The molecule has 0 aromatic heterocycles. The quantitative estimate of drug-likeness (QED) is 0.514. The van der Waals surface area contributed by atoms with E-state index < -0.39 is 0 Å². The van der Waals surface area contributed by atoms with Gasteiger partial charge in [-0.1, -0.05) is 24.0 Å². The van der Waals surface area contributed by atoms with E-state index in [0.29, 0.717) is 0 Å². The summed E-state index contributed by atoms with van der Waals surface area (Å²) in [5.41, 5.74) is 1.16. The summed E-state index contributed by atoms with van der Waals surface area (Å²) in [7, 11) is 0. The van der Waals surface area contributed by atoms with Crippen LogP contribution in [-0.4, -0.2) is 9.07 Å². The molecular weight excluding hydrogens is 228 g/mol. The Hall–Kier alpha value is 0.603. The van der Waals surface area contributed by atoms with E-state index in [-0.39, 0.29) is 24.2 Å². The van der Waals surface area contributed by atoms with Gasteiger partial charge in [0.25, 0.3) is 0 Å². The molecule has 0 fully saturated rings. The van der Waals surface area contributed by atoms with Crippen LogP contribution in [0.4, 0.5) is 0 Å². The van der Waals surface area contributed by atoms with Gasteiger partial charge in [-0.3, -0.25) is 0 Å². The standard InChI is InChI=1S/C7H11NS2.Zn/c1-5-4-7(2,3)10-6(9)8-5;/h4H,1-3H3,(H,8,9);. The molecule has 1 nitrogen and oxygen atoms in total. The summed E-state index contributed by atoms with van der Waals surface area (Å²) in [6, 6.07) is 0. The number of hydrogen-bond acceptors (Lipinski definition) is 2. The van der Waals surface area contributed by atoms with Crippen LogP contribution in [0.15, 0.2) is 11.8 Å². The van der Waals surface area contributed by atoms with E-state index in [1.165, 1.54) is 0 Å². The maximum Gasteiger partial charge on any atom is 0.138 e. The number of allylic oxidation sites excluding steroid dienone is 1. The third-order valence-corrected chi connectivity index (χ3v) is 2.50. The van der Waals surface area contributed by atoms with Gasteiger partial charge >= 0.3 is 0 Å². The van der Waals surface area contributed by atoms with E-state index in [1.807, 2.05) is 6.92 Å². The van der Waals surface area contributed by atoms with Gasteiger partial charge in [-0.2, -0.15) is 0 Å². The van der Waals surface area contributed by atoms with Crippen molar-refractivity contribution in [2.45, 2.75) is 25.5 Å². The zero-order valence-corrected chi connectivity index (χ0v) is 11.7. The first kappa shape index (κ1) is 11.6. The Balaban J connectivity index is 0.000001000. The monoisotopic (exact) mass is 237 g/mol. The molecule has 1 aliphatic heterocycles. The molecule has 0 saturated carbocycles. The third kappa shape index (κ3) is 3.68. The van der Waals surface area contributed by atoms with Crippen LogP contribution in [0.2, 0.25) is 0 Å². The predicted molar refractivity (Wildman–Crippen MR) is 51.2 cm³/mol. The van der Waals surface area contributed by atoms with Crippen LogP contribution in [0.5, 0.6) is 0 Å². The molecule has 4 heteroatoms. The van der Waals surface area contributed by atoms with E-state index in [1.54, 1.807) is 11.8 Å². The molecule has 0 amide bonds. The fourth-order valence-electron chi connectivity index (χ4n) is 1.01. The van der Waals surface area contributed by atoms with Crippen molar-refractivity contribution in [3.05, 3.63) is 11.8 Å². The van der Waals surface area contributed by atoms with Crippen molar-refractivity contribution >= 4 is 28.3 Å². The second kappa shape index (κ2) is 4.02. The van der Waals surface area contributed by atoms with Crippen LogP contribution in [0.25, 0.3) is 0 Å². The van der Waals surface area contributed by atoms with Gasteiger partial charge in [0.2, 0.25) is 0 Å². The summed E-state index contributed by atoms with van der Waals surface area (Å²) in [5.74, 6) is 0. The molecule has 1 aliphatic rings. The van der Waals surface area contributed by atoms with E-state index in [2.05, 4.69) is 25.2 Å². The Morgan fingerprint density at radius 2 is 2.09 bits per heavy atom. The molecule has 0 aromatic rings. The molecule has 0 radical (unpaired) electrons. The maximum absolute atomic E-state index is 5.04. The van der Waals surface area contributed by atoms with Crippen LogP contribution in [0, 0.1) is 0 Å². The molecule has 1 heterocycles. The summed E-state index contributed by atoms with van der Waals surface area (Å²) >= 11 is 6.73. The SMILES string of the molecule is CC1=CC(C)(C)SC(=S)N1.[Zn]. The van der Waals surface area contributed by atoms with Crippen LogP contribution >= 0.6 is 24.0 Å². The van der Waals surface area contributed by atoms with Crippen molar-refractivity contribution < 1.29 is 19.5 Å². The summed E-state index contributed by atoms with van der Waals surface area (Å²) in [4.78, 5) is 0. The summed E-state index contributed by atoms with van der Waals surface area (Å²) in [6.07, 6.45) is 2.19. The zero-order chi connectivity index (χ0) is 7.78. The van der Waals surface area contributed by atoms with Crippen molar-refractivity contribution in [2.75, 3.05) is 0 Å². The first-order valence-electron chi connectivity index (χ1n) is 3.19. The molecule has 11 heavy (non-hydrogen) atoms. The van der Waals surface area contributed by atoms with Gasteiger partial charge in [-0.15, -0.1) is 0 Å². The normalized spacial score (nSPS) is 21.4. The van der Waals surface area contributed by atoms with Gasteiger partial charge in [0, 0.05) is 29.9 Å². The largest absolute Gasteiger partial charge is 0.345 e. The Morgan fingerprint density at radius 1 is 1.55 bits per heavy atom. The fourth-order valence-corrected chi connectivity index (χ4v) is 2.74. The average Bonchev–Trinajstić information content (AvgIpc) is 1.54. The minimum Gasteiger partial charge on any atom is -0.345 e. The van der Waals surface area contributed by atoms with Crippen molar-refractivity contribution in [1.29, 1.82) is 0 Å². The molecule has 0 aliphatic carbocycles. The van der Waals surface area contributed by atoms with Crippen molar-refractivity contribution in [3.8, 4) is 0 Å². The van der Waals surface area contributed by atoms with E-state index in [4.69, 9.17) is 12.2 Å². The molecular formula is C7H11NS2Zn. The van der Waals surface area contributed by atoms with Crippen LogP contribution in [-0.2, 0) is 19.5 Å². The molecule has 0 atom stereocenters. The topological polar surface area (TPSA) is 12.0 Å². The zero-order valence-electron chi connectivity index (χ0n) is 7.10. The first-order chi connectivity index (χ1) is 4.49. The molecule has 1 N–H and O–H groups in total. The van der Waals surface area contributed by atoms with Gasteiger partial charge in [-0.25, -0.2) is 0 Å². The number of thioether (sulfide) groups is 1. The summed E-state index contributed by atoms with van der Waals surface area (Å²) in [6.45, 7) is 6.36. The minimum absolute atomic E-state index is 0. The molecule has 0 unspecified atom stereocenters. The number of thiocarbonyl (C=S) groups is 1. The van der Waals surface area contributed by atoms with Gasteiger partial charge < -0.3 is 5.32 Å². The Kier molecular flexibility index (Phi) is 4.24. The van der Waals surface area contributed by atoms with Gasteiger partial charge in [-0.05, 0) is 26.8 Å². The Morgan fingerprint density at radius 3 is 2.45 bits per heavy atom. The molecule has 1 rings (SSSR count). The smallest absolute Gasteiger partial charge is 0.138 e. The number of hydrogen-bond donors (Lipinski definition) is 1. The van der Waals surface area contributed by atoms with Gasteiger partial charge in [0.15, 0.2) is 0 Å². The van der Waals surface area contributed by atoms with E-state index in [0.717, 1.165) is 10.0 Å². The van der Waals surface area contributed by atoms with Crippen molar-refractivity contribution in [2.24, 2.45) is 0 Å². The van der Waals surface area contributed by atoms with E-state index in [9.17, 15) is 0 Å². The summed E-state index contributed by atoms with van der Waals surface area (Å²) in [5, 5.41) is 3.09. The maximum atomic E-state index is 5.04. The Bertz CT molecular complexity index is 199. The van der Waals surface area contributed by atoms with Gasteiger partial charge in [0.1, 0.15) is 4.32 Å². The van der Waals surface area contributed by atoms with Crippen LogP contribution < -0.4 is 5.32 Å². The second-order valence-electron chi connectivity index (χ2n) is 2.95. The number of rotatable bonds is 0. The minimum atomic E-state index is 0. The van der Waals surface area contributed by atoms with E-state index >= 15 is 0 Å². The Labute approximate surface area is 90.1 Å². The molecule has 58 valence electrons. The molecule has 0 spiro atoms. The van der Waals surface area contributed by atoms with Crippen molar-refractivity contribution in [3.63, 3.8) is 0 Å². The van der Waals surface area contributed by atoms with Crippen LogP contribution in [0.1, 0.15) is 20.8 Å². The van der Waals surface area contributed by atoms with Crippen LogP contribution in [0.3, 0.4) is 0 Å². The average molecular weight is 239 g/mol. The molecule has 0 bridgehead atoms. The summed E-state index contributed by atoms with van der Waals surface area (Å²) < 4.78 is 1.05. The number of nitrogens with one attached hydrogen (secondary N) is 1. The fraction of sp³-hybridized carbons (Fsp3) is 0.571. The van der Waals surface area contributed by atoms with Crippen molar-refractivity contribution in [1.82, 2.24) is 5.32 Å².